The maximum absolute atomic E-state index is 12.2. The van der Waals surface area contributed by atoms with E-state index in [4.69, 9.17) is 9.47 Å². The maximum Gasteiger partial charge on any atom is 0.306 e. The van der Waals surface area contributed by atoms with Crippen LogP contribution in [0.5, 0.6) is 0 Å². The number of ether oxygens (including phenoxy) is 2. The molecule has 0 fully saturated rings. The van der Waals surface area contributed by atoms with Gasteiger partial charge in [-0.15, -0.1) is 0 Å². The van der Waals surface area contributed by atoms with E-state index in [9.17, 15) is 19.8 Å². The van der Waals surface area contributed by atoms with Crippen molar-refractivity contribution in [3.8, 4) is 0 Å². The van der Waals surface area contributed by atoms with Gasteiger partial charge in [0.05, 0.1) is 12.7 Å². The van der Waals surface area contributed by atoms with Gasteiger partial charge in [0, 0.05) is 12.8 Å². The van der Waals surface area contributed by atoms with Gasteiger partial charge in [-0.05, 0) is 50.9 Å². The monoisotopic (exact) mass is 727 g/mol. The molecule has 2 atom stereocenters. The number of aliphatic hydroxyl groups excluding tert-OH is 2. The molecule has 0 spiro atoms. The molecule has 0 aliphatic rings. The highest BCUT2D eigenvalue weighted by molar-refractivity contribution is 5.70. The highest BCUT2D eigenvalue weighted by Crippen LogP contribution is 2.15. The largest absolute Gasteiger partial charge is 0.462 e. The predicted molar refractivity (Wildman–Crippen MR) is 220 cm³/mol. The third kappa shape index (κ3) is 38.5. The molecule has 1 unspecified atom stereocenters. The molecule has 0 rings (SSSR count). The van der Waals surface area contributed by atoms with Gasteiger partial charge in [-0.25, -0.2) is 0 Å². The number of carbonyl (C=O) groups is 2. The summed E-state index contributed by atoms with van der Waals surface area (Å²) >= 11 is 0. The average molecular weight is 727 g/mol. The van der Waals surface area contributed by atoms with E-state index in [0.717, 1.165) is 57.3 Å². The molecule has 298 valence electrons. The van der Waals surface area contributed by atoms with E-state index in [-0.39, 0.29) is 25.4 Å². The van der Waals surface area contributed by atoms with Crippen molar-refractivity contribution in [2.45, 2.75) is 187 Å². The van der Waals surface area contributed by atoms with E-state index in [0.29, 0.717) is 6.42 Å². The Kier molecular flexibility index (Phi) is 37.5. The Labute approximate surface area is 319 Å². The fraction of sp³-hybridized carbons (Fsp3) is 0.696. The summed E-state index contributed by atoms with van der Waals surface area (Å²) in [5.74, 6) is -0.0299. The Bertz CT molecular complexity index is 989. The van der Waals surface area contributed by atoms with E-state index in [1.165, 1.54) is 83.5 Å². The average Bonchev–Trinajstić information content (AvgIpc) is 3.13. The van der Waals surface area contributed by atoms with Gasteiger partial charge >= 0.3 is 11.9 Å². The standard InChI is InChI=1S/C46H78O6/c1-4-5-6-7-8-9-10-11-12-15-18-21-24-27-30-33-36-43(48)38-39-46(50)52-44(40-47)41-51-45(49)37-34-31-28-25-22-19-16-13-14-17-20-23-26-29-32-35-42(2)3/h5-6,8-9,11-12,18,21,27,30,33,36,42-44,47-48H,4,7,10,13-17,19-20,22-26,28-29,31-32,34-35,37-41H2,1-3H3/b6-5-,9-8-,12-11-,21-18-,30-27-,36-33-/t43?,44-/m0/s1. The summed E-state index contributed by atoms with van der Waals surface area (Å²) in [6.45, 7) is 6.17. The van der Waals surface area contributed by atoms with Crippen LogP contribution in [-0.2, 0) is 19.1 Å². The minimum absolute atomic E-state index is 0.000394. The fourth-order valence-corrected chi connectivity index (χ4v) is 5.61. The number of hydrogen-bond acceptors (Lipinski definition) is 6. The van der Waals surface area contributed by atoms with E-state index in [2.05, 4.69) is 69.4 Å². The van der Waals surface area contributed by atoms with E-state index >= 15 is 0 Å². The second kappa shape index (κ2) is 39.5. The van der Waals surface area contributed by atoms with Crippen molar-refractivity contribution >= 4 is 11.9 Å². The van der Waals surface area contributed by atoms with Gasteiger partial charge < -0.3 is 19.7 Å². The minimum atomic E-state index is -0.898. The first kappa shape index (κ1) is 49.3. The molecule has 2 N–H and O–H groups in total. The molecule has 6 heteroatoms. The van der Waals surface area contributed by atoms with Gasteiger partial charge in [-0.1, -0.05) is 190 Å². The van der Waals surface area contributed by atoms with Crippen LogP contribution in [0.1, 0.15) is 175 Å². The number of esters is 2. The van der Waals surface area contributed by atoms with Crippen LogP contribution >= 0.6 is 0 Å². The second-order valence-electron chi connectivity index (χ2n) is 14.4. The first-order chi connectivity index (χ1) is 25.4. The van der Waals surface area contributed by atoms with Crippen molar-refractivity contribution in [3.05, 3.63) is 72.9 Å². The van der Waals surface area contributed by atoms with Crippen LogP contribution in [0.25, 0.3) is 0 Å². The molecule has 0 radical (unpaired) electrons. The van der Waals surface area contributed by atoms with Crippen LogP contribution in [0.2, 0.25) is 0 Å². The zero-order valence-corrected chi connectivity index (χ0v) is 33.6. The third-order valence-corrected chi connectivity index (χ3v) is 8.81. The molecule has 0 aromatic rings. The lowest BCUT2D eigenvalue weighted by Crippen LogP contribution is -2.28. The van der Waals surface area contributed by atoms with Crippen molar-refractivity contribution in [2.24, 2.45) is 5.92 Å². The number of carbonyl (C=O) groups excluding carboxylic acids is 2. The molecule has 0 saturated heterocycles. The van der Waals surface area contributed by atoms with Crippen molar-refractivity contribution in [1.29, 1.82) is 0 Å². The molecule has 0 aromatic carbocycles. The third-order valence-electron chi connectivity index (χ3n) is 8.81. The molecule has 0 heterocycles. The summed E-state index contributed by atoms with van der Waals surface area (Å²) < 4.78 is 10.5. The van der Waals surface area contributed by atoms with E-state index < -0.39 is 24.8 Å². The van der Waals surface area contributed by atoms with Gasteiger partial charge in [0.15, 0.2) is 6.10 Å². The number of allylic oxidation sites excluding steroid dienone is 11. The molecule has 52 heavy (non-hydrogen) atoms. The fourth-order valence-electron chi connectivity index (χ4n) is 5.61. The summed E-state index contributed by atoms with van der Waals surface area (Å²) in [5.41, 5.74) is 0. The SMILES string of the molecule is CC/C=C\C/C=C\C/C=C\C/C=C\C/C=C\C=C/C(O)CCC(=O)O[C@@H](CO)COC(=O)CCCCCCCCCCCCCCCCCC(C)C. The number of rotatable bonds is 36. The van der Waals surface area contributed by atoms with Crippen LogP contribution in [-0.4, -0.2) is 47.6 Å². The van der Waals surface area contributed by atoms with Gasteiger partial charge in [0.1, 0.15) is 6.61 Å². The molecule has 0 aliphatic heterocycles. The minimum Gasteiger partial charge on any atom is -0.462 e. The normalized spacial score (nSPS) is 13.7. The lowest BCUT2D eigenvalue weighted by Gasteiger charge is -2.16. The van der Waals surface area contributed by atoms with Crippen LogP contribution in [0.15, 0.2) is 72.9 Å². The lowest BCUT2D eigenvalue weighted by molar-refractivity contribution is -0.161. The van der Waals surface area contributed by atoms with Gasteiger partial charge in [0.25, 0.3) is 0 Å². The van der Waals surface area contributed by atoms with Crippen molar-refractivity contribution < 1.29 is 29.3 Å². The highest BCUT2D eigenvalue weighted by Gasteiger charge is 2.17. The molecule has 0 aromatic heterocycles. The Morgan fingerprint density at radius 1 is 0.558 bits per heavy atom. The maximum atomic E-state index is 12.2. The Morgan fingerprint density at radius 2 is 1.02 bits per heavy atom. The van der Waals surface area contributed by atoms with Crippen LogP contribution in [0, 0.1) is 5.92 Å². The highest BCUT2D eigenvalue weighted by atomic mass is 16.6. The van der Waals surface area contributed by atoms with Crippen molar-refractivity contribution in [3.63, 3.8) is 0 Å². The molecule has 0 amide bonds. The molecule has 0 bridgehead atoms. The summed E-state index contributed by atoms with van der Waals surface area (Å²) in [6, 6.07) is 0. The first-order valence-electron chi connectivity index (χ1n) is 21.0. The quantitative estimate of drug-likeness (QED) is 0.0289. The number of unbranched alkanes of at least 4 members (excludes halogenated alkanes) is 14. The summed E-state index contributed by atoms with van der Waals surface area (Å²) in [7, 11) is 0. The van der Waals surface area contributed by atoms with Crippen molar-refractivity contribution in [2.75, 3.05) is 13.2 Å². The first-order valence-corrected chi connectivity index (χ1v) is 21.0. The Balaban J connectivity index is 3.77. The van der Waals surface area contributed by atoms with Gasteiger partial charge in [-0.2, -0.15) is 0 Å². The van der Waals surface area contributed by atoms with Crippen LogP contribution in [0.4, 0.5) is 0 Å². The second-order valence-corrected chi connectivity index (χ2v) is 14.4. The predicted octanol–water partition coefficient (Wildman–Crippen LogP) is 12.2. The molecule has 6 nitrogen and oxygen atoms in total. The number of hydrogen-bond donors (Lipinski definition) is 2. The van der Waals surface area contributed by atoms with Crippen LogP contribution < -0.4 is 0 Å². The molecule has 0 aliphatic carbocycles. The smallest absolute Gasteiger partial charge is 0.306 e. The Hall–Kier alpha value is -2.70. The summed E-state index contributed by atoms with van der Waals surface area (Å²) in [4.78, 5) is 24.3. The zero-order chi connectivity index (χ0) is 38.2. The summed E-state index contributed by atoms with van der Waals surface area (Å²) in [6.07, 6.45) is 48.7. The van der Waals surface area contributed by atoms with E-state index in [1.807, 2.05) is 12.2 Å². The lowest BCUT2D eigenvalue weighted by atomic mass is 10.0. The summed E-state index contributed by atoms with van der Waals surface area (Å²) in [5, 5.41) is 19.7. The molecule has 0 saturated carbocycles. The van der Waals surface area contributed by atoms with Crippen LogP contribution in [0.3, 0.4) is 0 Å². The Morgan fingerprint density at radius 3 is 1.50 bits per heavy atom. The van der Waals surface area contributed by atoms with Gasteiger partial charge in [-0.3, -0.25) is 9.59 Å². The molecular weight excluding hydrogens is 648 g/mol. The number of aliphatic hydroxyl groups is 2. The topological polar surface area (TPSA) is 93.1 Å². The van der Waals surface area contributed by atoms with Crippen molar-refractivity contribution in [1.82, 2.24) is 0 Å². The molecular formula is C46H78O6. The van der Waals surface area contributed by atoms with Gasteiger partial charge in [0.2, 0.25) is 0 Å². The zero-order valence-electron chi connectivity index (χ0n) is 33.6. The van der Waals surface area contributed by atoms with E-state index in [1.54, 1.807) is 12.2 Å².